The topological polar surface area (TPSA) is 17.1 Å². The molecule has 1 unspecified atom stereocenters. The molecule has 14 heavy (non-hydrogen) atoms. The van der Waals surface area contributed by atoms with Gasteiger partial charge in [0.1, 0.15) is 0 Å². The van der Waals surface area contributed by atoms with E-state index in [1.165, 1.54) is 0 Å². The summed E-state index contributed by atoms with van der Waals surface area (Å²) >= 11 is 4.58. The lowest BCUT2D eigenvalue weighted by Gasteiger charge is -2.22. The molecule has 0 saturated carbocycles. The quantitative estimate of drug-likeness (QED) is 0.595. The molecule has 1 atom stereocenters. The maximum absolute atomic E-state index is 11.1. The number of hydrogen-bond donors (Lipinski definition) is 1. The van der Waals surface area contributed by atoms with Crippen LogP contribution in [0.5, 0.6) is 0 Å². The molecule has 0 aromatic heterocycles. The zero-order valence-electron chi connectivity index (χ0n) is 8.87. The first-order valence-corrected chi connectivity index (χ1v) is 5.26. The van der Waals surface area contributed by atoms with Crippen LogP contribution in [0.25, 0.3) is 0 Å². The van der Waals surface area contributed by atoms with E-state index in [1.807, 2.05) is 24.3 Å². The van der Waals surface area contributed by atoms with Gasteiger partial charge in [-0.1, -0.05) is 31.2 Å². The van der Waals surface area contributed by atoms with E-state index in [0.717, 1.165) is 17.5 Å². The molecular formula is C12H16OS. The van der Waals surface area contributed by atoms with E-state index in [0.29, 0.717) is 0 Å². The number of hydrogen-bond acceptors (Lipinski definition) is 2. The van der Waals surface area contributed by atoms with Crippen molar-refractivity contribution in [3.05, 3.63) is 35.4 Å². The van der Waals surface area contributed by atoms with Crippen molar-refractivity contribution in [2.45, 2.75) is 31.9 Å². The Hall–Kier alpha value is -0.760. The van der Waals surface area contributed by atoms with Crippen molar-refractivity contribution in [3.8, 4) is 0 Å². The highest BCUT2D eigenvalue weighted by Crippen LogP contribution is 2.31. The summed E-state index contributed by atoms with van der Waals surface area (Å²) in [5.41, 5.74) is 1.92. The number of Topliss-reactive ketones (excluding diaryl/α,β-unsaturated/α-hetero) is 1. The number of ketones is 1. The second-order valence-electron chi connectivity index (χ2n) is 3.76. The summed E-state index contributed by atoms with van der Waals surface area (Å²) in [7, 11) is 0. The third kappa shape index (κ3) is 2.38. The van der Waals surface area contributed by atoms with Gasteiger partial charge < -0.3 is 0 Å². The van der Waals surface area contributed by atoms with Crippen LogP contribution in [0.4, 0.5) is 0 Å². The van der Waals surface area contributed by atoms with Crippen LogP contribution >= 0.6 is 12.6 Å². The van der Waals surface area contributed by atoms with E-state index in [9.17, 15) is 4.79 Å². The van der Waals surface area contributed by atoms with E-state index in [-0.39, 0.29) is 10.5 Å². The molecule has 0 radical (unpaired) electrons. The third-order valence-corrected chi connectivity index (χ3v) is 3.18. The highest BCUT2D eigenvalue weighted by molar-refractivity contribution is 7.81. The van der Waals surface area contributed by atoms with Crippen LogP contribution in [-0.2, 0) is 4.75 Å². The Bertz CT molecular complexity index is 325. The van der Waals surface area contributed by atoms with Gasteiger partial charge in [-0.15, -0.1) is 0 Å². The Morgan fingerprint density at radius 1 is 1.36 bits per heavy atom. The van der Waals surface area contributed by atoms with Crippen LogP contribution < -0.4 is 0 Å². The van der Waals surface area contributed by atoms with Gasteiger partial charge in [0, 0.05) is 10.3 Å². The van der Waals surface area contributed by atoms with E-state index in [1.54, 1.807) is 6.92 Å². The first kappa shape index (κ1) is 11.3. The largest absolute Gasteiger partial charge is 0.295 e. The summed E-state index contributed by atoms with van der Waals surface area (Å²) < 4.78 is -0.102. The number of benzene rings is 1. The van der Waals surface area contributed by atoms with Gasteiger partial charge >= 0.3 is 0 Å². The number of carbonyl (C=O) groups is 1. The Morgan fingerprint density at radius 2 is 1.86 bits per heavy atom. The molecule has 0 amide bonds. The average molecular weight is 208 g/mol. The Kier molecular flexibility index (Phi) is 3.38. The molecule has 1 aromatic carbocycles. The Balaban J connectivity index is 2.99. The van der Waals surface area contributed by atoms with Gasteiger partial charge in [0.25, 0.3) is 0 Å². The van der Waals surface area contributed by atoms with E-state index < -0.39 is 0 Å². The van der Waals surface area contributed by atoms with Gasteiger partial charge in [-0.2, -0.15) is 12.6 Å². The minimum atomic E-state index is -0.102. The lowest BCUT2D eigenvalue weighted by atomic mass is 9.96. The molecule has 0 fully saturated rings. The summed E-state index contributed by atoms with van der Waals surface area (Å²) in [6, 6.07) is 7.68. The highest BCUT2D eigenvalue weighted by Gasteiger charge is 2.18. The fourth-order valence-electron chi connectivity index (χ4n) is 1.27. The van der Waals surface area contributed by atoms with Gasteiger partial charge in [-0.05, 0) is 25.8 Å². The van der Waals surface area contributed by atoms with Crippen molar-refractivity contribution in [2.75, 3.05) is 0 Å². The van der Waals surface area contributed by atoms with Gasteiger partial charge in [-0.3, -0.25) is 4.79 Å². The average Bonchev–Trinajstić information content (AvgIpc) is 2.18. The fourth-order valence-corrected chi connectivity index (χ4v) is 1.42. The molecule has 0 bridgehead atoms. The van der Waals surface area contributed by atoms with Crippen molar-refractivity contribution < 1.29 is 4.79 Å². The molecule has 0 N–H and O–H groups in total. The summed E-state index contributed by atoms with van der Waals surface area (Å²) in [5, 5.41) is 0. The monoisotopic (exact) mass is 208 g/mol. The predicted molar refractivity (Wildman–Crippen MR) is 63.1 cm³/mol. The first-order chi connectivity index (χ1) is 6.47. The zero-order valence-corrected chi connectivity index (χ0v) is 9.77. The van der Waals surface area contributed by atoms with Crippen molar-refractivity contribution in [1.29, 1.82) is 0 Å². The van der Waals surface area contributed by atoms with Gasteiger partial charge in [0.05, 0.1) is 0 Å². The van der Waals surface area contributed by atoms with E-state index in [2.05, 4.69) is 26.5 Å². The molecule has 0 aliphatic rings. The molecular weight excluding hydrogens is 192 g/mol. The molecule has 1 aromatic rings. The maximum Gasteiger partial charge on any atom is 0.159 e. The van der Waals surface area contributed by atoms with Crippen LogP contribution in [0.15, 0.2) is 24.3 Å². The molecule has 0 saturated heterocycles. The predicted octanol–water partition coefficient (Wildman–Crippen LogP) is 3.44. The number of carbonyl (C=O) groups excluding carboxylic acids is 1. The lowest BCUT2D eigenvalue weighted by Crippen LogP contribution is -2.12. The summed E-state index contributed by atoms with van der Waals surface area (Å²) in [6.07, 6.45) is 0.968. The standard InChI is InChI=1S/C12H16OS/c1-4-12(3,14)11-7-5-10(6-8-11)9(2)13/h5-8,14H,4H2,1-3H3. The smallest absolute Gasteiger partial charge is 0.159 e. The van der Waals surface area contributed by atoms with Crippen LogP contribution in [0.3, 0.4) is 0 Å². The summed E-state index contributed by atoms with van der Waals surface area (Å²) in [4.78, 5) is 11.1. The van der Waals surface area contributed by atoms with Crippen molar-refractivity contribution in [1.82, 2.24) is 0 Å². The fraction of sp³-hybridized carbons (Fsp3) is 0.417. The normalized spacial score (nSPS) is 14.9. The molecule has 76 valence electrons. The minimum Gasteiger partial charge on any atom is -0.295 e. The molecule has 0 aliphatic carbocycles. The second-order valence-corrected chi connectivity index (χ2v) is 4.75. The van der Waals surface area contributed by atoms with Crippen LogP contribution in [0.1, 0.15) is 43.1 Å². The summed E-state index contributed by atoms with van der Waals surface area (Å²) in [6.45, 7) is 5.76. The van der Waals surface area contributed by atoms with Gasteiger partial charge in [0.15, 0.2) is 5.78 Å². The van der Waals surface area contributed by atoms with Crippen molar-refractivity contribution >= 4 is 18.4 Å². The molecule has 0 heterocycles. The van der Waals surface area contributed by atoms with E-state index in [4.69, 9.17) is 0 Å². The molecule has 1 rings (SSSR count). The maximum atomic E-state index is 11.1. The highest BCUT2D eigenvalue weighted by atomic mass is 32.1. The second kappa shape index (κ2) is 4.18. The molecule has 0 spiro atoms. The zero-order chi connectivity index (χ0) is 10.8. The van der Waals surface area contributed by atoms with E-state index >= 15 is 0 Å². The Morgan fingerprint density at radius 3 is 2.21 bits per heavy atom. The SMILES string of the molecule is CCC(C)(S)c1ccc(C(C)=O)cc1. The lowest BCUT2D eigenvalue weighted by molar-refractivity contribution is 0.101. The molecule has 0 aliphatic heterocycles. The van der Waals surface area contributed by atoms with Crippen LogP contribution in [0.2, 0.25) is 0 Å². The van der Waals surface area contributed by atoms with Gasteiger partial charge in [-0.25, -0.2) is 0 Å². The number of thiol groups is 1. The Labute approximate surface area is 90.9 Å². The summed E-state index contributed by atoms with van der Waals surface area (Å²) in [5.74, 6) is 0.105. The third-order valence-electron chi connectivity index (χ3n) is 2.60. The first-order valence-electron chi connectivity index (χ1n) is 4.81. The van der Waals surface area contributed by atoms with Crippen molar-refractivity contribution in [2.24, 2.45) is 0 Å². The molecule has 2 heteroatoms. The minimum absolute atomic E-state index is 0.102. The van der Waals surface area contributed by atoms with Crippen LogP contribution in [0, 0.1) is 0 Å². The van der Waals surface area contributed by atoms with Gasteiger partial charge in [0.2, 0.25) is 0 Å². The molecule has 1 nitrogen and oxygen atoms in total. The van der Waals surface area contributed by atoms with Crippen LogP contribution in [-0.4, -0.2) is 5.78 Å². The van der Waals surface area contributed by atoms with Crippen molar-refractivity contribution in [3.63, 3.8) is 0 Å². The number of rotatable bonds is 3.